The molecule has 1 aromatic carbocycles. The number of thioether (sulfide) groups is 1. The maximum Gasteiger partial charge on any atom is 0.163 e. The molecular formula is C14H23NO2S. The van der Waals surface area contributed by atoms with Gasteiger partial charge in [0.15, 0.2) is 11.5 Å². The minimum absolute atomic E-state index is 0.646. The molecule has 18 heavy (non-hydrogen) atoms. The maximum atomic E-state index is 5.54. The summed E-state index contributed by atoms with van der Waals surface area (Å²) in [5.74, 6) is 3.98. The summed E-state index contributed by atoms with van der Waals surface area (Å²) in [5, 5.41) is 3.40. The van der Waals surface area contributed by atoms with Gasteiger partial charge in [0, 0.05) is 18.3 Å². The molecule has 0 saturated carbocycles. The van der Waals surface area contributed by atoms with E-state index in [1.807, 2.05) is 36.9 Å². The second-order valence-electron chi connectivity index (χ2n) is 3.78. The zero-order valence-corrected chi connectivity index (χ0v) is 12.3. The fourth-order valence-corrected chi connectivity index (χ4v) is 2.24. The van der Waals surface area contributed by atoms with E-state index in [4.69, 9.17) is 9.47 Å². The zero-order chi connectivity index (χ0) is 13.2. The molecule has 0 fully saturated rings. The van der Waals surface area contributed by atoms with E-state index in [0.717, 1.165) is 23.7 Å². The Kier molecular flexibility index (Phi) is 7.49. The molecular weight excluding hydrogens is 246 g/mol. The van der Waals surface area contributed by atoms with Gasteiger partial charge in [-0.15, -0.1) is 0 Å². The molecule has 3 nitrogen and oxygen atoms in total. The smallest absolute Gasteiger partial charge is 0.163 e. The number of hydrogen-bond acceptors (Lipinski definition) is 4. The van der Waals surface area contributed by atoms with Gasteiger partial charge in [0.1, 0.15) is 0 Å². The van der Waals surface area contributed by atoms with Crippen molar-refractivity contribution >= 4 is 17.4 Å². The fraction of sp³-hybridized carbons (Fsp3) is 0.571. The molecule has 1 rings (SSSR count). The van der Waals surface area contributed by atoms with Crippen LogP contribution in [0.4, 0.5) is 5.69 Å². The molecule has 0 saturated heterocycles. The summed E-state index contributed by atoms with van der Waals surface area (Å²) in [7, 11) is 1.66. The molecule has 1 aromatic rings. The first kappa shape index (κ1) is 15.0. The van der Waals surface area contributed by atoms with Crippen molar-refractivity contribution in [3.05, 3.63) is 18.2 Å². The van der Waals surface area contributed by atoms with E-state index in [9.17, 15) is 0 Å². The second-order valence-corrected chi connectivity index (χ2v) is 5.17. The van der Waals surface area contributed by atoms with Crippen LogP contribution in [0.5, 0.6) is 11.5 Å². The summed E-state index contributed by atoms with van der Waals surface area (Å²) in [4.78, 5) is 0. The number of hydrogen-bond donors (Lipinski definition) is 1. The summed E-state index contributed by atoms with van der Waals surface area (Å²) < 4.78 is 10.8. The first-order valence-corrected chi connectivity index (χ1v) is 7.59. The third kappa shape index (κ3) is 5.08. The van der Waals surface area contributed by atoms with Crippen LogP contribution in [-0.4, -0.2) is 31.8 Å². The summed E-state index contributed by atoms with van der Waals surface area (Å²) in [5.41, 5.74) is 1.08. The molecule has 0 bridgehead atoms. The van der Waals surface area contributed by atoms with Crippen LogP contribution in [0, 0.1) is 0 Å². The first-order chi connectivity index (χ1) is 8.81. The Labute approximate surface area is 114 Å². The topological polar surface area (TPSA) is 30.5 Å². The number of nitrogens with one attached hydrogen (secondary N) is 1. The van der Waals surface area contributed by atoms with E-state index in [1.54, 1.807) is 7.11 Å². The van der Waals surface area contributed by atoms with Crippen LogP contribution in [0.1, 0.15) is 20.3 Å². The van der Waals surface area contributed by atoms with Crippen LogP contribution < -0.4 is 14.8 Å². The Morgan fingerprint density at radius 3 is 2.72 bits per heavy atom. The predicted molar refractivity (Wildman–Crippen MR) is 80.3 cm³/mol. The van der Waals surface area contributed by atoms with Crippen LogP contribution in [0.15, 0.2) is 18.2 Å². The standard InChI is InChI=1S/C14H23NO2S/c1-4-17-14-11-12(7-8-13(14)16-3)15-9-6-10-18-5-2/h7-8,11,15H,4-6,9-10H2,1-3H3. The Hall–Kier alpha value is -1.03. The molecule has 0 amide bonds. The van der Waals surface area contributed by atoms with Crippen LogP contribution in [-0.2, 0) is 0 Å². The van der Waals surface area contributed by atoms with Gasteiger partial charge in [-0.1, -0.05) is 6.92 Å². The van der Waals surface area contributed by atoms with Crippen LogP contribution in [0.3, 0.4) is 0 Å². The number of benzene rings is 1. The molecule has 0 heterocycles. The maximum absolute atomic E-state index is 5.54. The summed E-state index contributed by atoms with van der Waals surface area (Å²) in [6, 6.07) is 5.96. The minimum Gasteiger partial charge on any atom is -0.493 e. The average molecular weight is 269 g/mol. The molecule has 102 valence electrons. The van der Waals surface area contributed by atoms with Gasteiger partial charge in [-0.25, -0.2) is 0 Å². The highest BCUT2D eigenvalue weighted by Gasteiger charge is 2.04. The van der Waals surface area contributed by atoms with E-state index in [-0.39, 0.29) is 0 Å². The highest BCUT2D eigenvalue weighted by Crippen LogP contribution is 2.30. The lowest BCUT2D eigenvalue weighted by Gasteiger charge is -2.12. The zero-order valence-electron chi connectivity index (χ0n) is 11.5. The van der Waals surface area contributed by atoms with E-state index >= 15 is 0 Å². The van der Waals surface area contributed by atoms with Crippen molar-refractivity contribution in [2.45, 2.75) is 20.3 Å². The number of methoxy groups -OCH3 is 1. The predicted octanol–water partition coefficient (Wildman–Crippen LogP) is 3.65. The lowest BCUT2D eigenvalue weighted by Crippen LogP contribution is -2.03. The Morgan fingerprint density at radius 2 is 2.06 bits per heavy atom. The molecule has 0 aliphatic rings. The third-order valence-corrected chi connectivity index (χ3v) is 3.45. The van der Waals surface area contributed by atoms with Gasteiger partial charge < -0.3 is 14.8 Å². The van der Waals surface area contributed by atoms with E-state index in [0.29, 0.717) is 6.61 Å². The van der Waals surface area contributed by atoms with Gasteiger partial charge in [0.25, 0.3) is 0 Å². The van der Waals surface area contributed by atoms with Crippen LogP contribution in [0.25, 0.3) is 0 Å². The van der Waals surface area contributed by atoms with Crippen LogP contribution in [0.2, 0.25) is 0 Å². The van der Waals surface area contributed by atoms with Crippen molar-refractivity contribution in [1.29, 1.82) is 0 Å². The molecule has 0 aliphatic heterocycles. The number of anilines is 1. The van der Waals surface area contributed by atoms with Gasteiger partial charge in [0.2, 0.25) is 0 Å². The highest BCUT2D eigenvalue weighted by molar-refractivity contribution is 7.99. The highest BCUT2D eigenvalue weighted by atomic mass is 32.2. The van der Waals surface area contributed by atoms with Crippen molar-refractivity contribution in [1.82, 2.24) is 0 Å². The SMILES string of the molecule is CCOc1cc(NCCCSCC)ccc1OC. The first-order valence-electron chi connectivity index (χ1n) is 6.44. The van der Waals surface area contributed by atoms with E-state index in [2.05, 4.69) is 12.2 Å². The van der Waals surface area contributed by atoms with Crippen LogP contribution >= 0.6 is 11.8 Å². The van der Waals surface area contributed by atoms with Gasteiger partial charge in [-0.2, -0.15) is 11.8 Å². The molecule has 0 radical (unpaired) electrons. The molecule has 1 N–H and O–H groups in total. The van der Waals surface area contributed by atoms with Gasteiger partial charge in [-0.05, 0) is 37.0 Å². The van der Waals surface area contributed by atoms with Gasteiger partial charge >= 0.3 is 0 Å². The average Bonchev–Trinajstić information content (AvgIpc) is 2.39. The summed E-state index contributed by atoms with van der Waals surface area (Å²) >= 11 is 1.98. The number of rotatable bonds is 9. The normalized spacial score (nSPS) is 10.2. The minimum atomic E-state index is 0.646. The van der Waals surface area contributed by atoms with Crippen molar-refractivity contribution in [2.24, 2.45) is 0 Å². The lowest BCUT2D eigenvalue weighted by molar-refractivity contribution is 0.311. The Morgan fingerprint density at radius 1 is 1.22 bits per heavy atom. The molecule has 0 spiro atoms. The van der Waals surface area contributed by atoms with Crippen molar-refractivity contribution in [3.63, 3.8) is 0 Å². The number of ether oxygens (including phenoxy) is 2. The molecule has 0 aromatic heterocycles. The Balaban J connectivity index is 2.48. The monoisotopic (exact) mass is 269 g/mol. The molecule has 0 aliphatic carbocycles. The molecule has 0 unspecified atom stereocenters. The summed E-state index contributed by atoms with van der Waals surface area (Å²) in [6.45, 7) is 5.80. The summed E-state index contributed by atoms with van der Waals surface area (Å²) in [6.07, 6.45) is 1.18. The van der Waals surface area contributed by atoms with Crippen molar-refractivity contribution in [3.8, 4) is 11.5 Å². The second kappa shape index (κ2) is 8.97. The largest absolute Gasteiger partial charge is 0.493 e. The molecule has 0 atom stereocenters. The lowest BCUT2D eigenvalue weighted by atomic mass is 10.2. The van der Waals surface area contributed by atoms with Crippen molar-refractivity contribution in [2.75, 3.05) is 37.1 Å². The van der Waals surface area contributed by atoms with E-state index < -0.39 is 0 Å². The molecule has 4 heteroatoms. The Bertz CT molecular complexity index is 345. The van der Waals surface area contributed by atoms with Gasteiger partial charge in [0.05, 0.1) is 13.7 Å². The fourth-order valence-electron chi connectivity index (χ4n) is 1.61. The van der Waals surface area contributed by atoms with E-state index in [1.165, 1.54) is 17.9 Å². The quantitative estimate of drug-likeness (QED) is 0.693. The van der Waals surface area contributed by atoms with Gasteiger partial charge in [-0.3, -0.25) is 0 Å². The third-order valence-electron chi connectivity index (χ3n) is 2.46. The van der Waals surface area contributed by atoms with Crippen molar-refractivity contribution < 1.29 is 9.47 Å².